The summed E-state index contributed by atoms with van der Waals surface area (Å²) in [6.07, 6.45) is -4.43. The van der Waals surface area contributed by atoms with Crippen molar-refractivity contribution in [2.75, 3.05) is 16.4 Å². The number of carbonyl (C=O) groups is 1. The highest BCUT2D eigenvalue weighted by atomic mass is 32.2. The molecule has 0 aliphatic carbocycles. The molecule has 0 N–H and O–H groups in total. The molecule has 1 aromatic carbocycles. The molecule has 0 unspecified atom stereocenters. The number of amides is 1. The molecule has 8 heteroatoms. The fourth-order valence-electron chi connectivity index (χ4n) is 3.06. The van der Waals surface area contributed by atoms with Gasteiger partial charge in [0.1, 0.15) is 0 Å². The van der Waals surface area contributed by atoms with Gasteiger partial charge in [-0.3, -0.25) is 4.79 Å². The first-order valence-corrected chi connectivity index (χ1v) is 8.19. The number of hydrogen-bond acceptors (Lipinski definition) is 3. The van der Waals surface area contributed by atoms with Crippen molar-refractivity contribution in [3.05, 3.63) is 29.8 Å². The summed E-state index contributed by atoms with van der Waals surface area (Å²) in [6.45, 7) is 0. The van der Waals surface area contributed by atoms with Crippen molar-refractivity contribution in [3.63, 3.8) is 0 Å². The van der Waals surface area contributed by atoms with E-state index in [1.807, 2.05) is 0 Å². The molecule has 1 amide bonds. The van der Waals surface area contributed by atoms with E-state index >= 15 is 0 Å². The van der Waals surface area contributed by atoms with Gasteiger partial charge in [-0.1, -0.05) is 6.07 Å². The normalized spacial score (nSPS) is 28.0. The predicted octanol–water partition coefficient (Wildman–Crippen LogP) is 1.86. The number of halogens is 3. The maximum atomic E-state index is 12.7. The van der Waals surface area contributed by atoms with Crippen LogP contribution >= 0.6 is 0 Å². The zero-order valence-corrected chi connectivity index (χ0v) is 11.6. The Morgan fingerprint density at radius 2 is 1.90 bits per heavy atom. The number of carbonyl (C=O) groups excluding carboxylic acids is 1. The van der Waals surface area contributed by atoms with Crippen LogP contribution < -0.4 is 4.90 Å². The predicted molar refractivity (Wildman–Crippen MR) is 69.5 cm³/mol. The number of sulfone groups is 1. The van der Waals surface area contributed by atoms with Gasteiger partial charge >= 0.3 is 6.18 Å². The first kappa shape index (κ1) is 14.4. The minimum Gasteiger partial charge on any atom is -0.308 e. The summed E-state index contributed by atoms with van der Waals surface area (Å²) < 4.78 is 61.5. The number of fused-ring (bicyclic) bond motifs is 1. The molecule has 21 heavy (non-hydrogen) atoms. The lowest BCUT2D eigenvalue weighted by atomic mass is 10.0. The molecular weight excluding hydrogens is 307 g/mol. The van der Waals surface area contributed by atoms with Crippen LogP contribution in [0.3, 0.4) is 0 Å². The molecule has 0 spiro atoms. The Balaban J connectivity index is 1.98. The Morgan fingerprint density at radius 1 is 1.19 bits per heavy atom. The summed E-state index contributed by atoms with van der Waals surface area (Å²) in [5.74, 6) is -0.894. The van der Waals surface area contributed by atoms with Crippen LogP contribution in [0.2, 0.25) is 0 Å². The molecule has 0 radical (unpaired) electrons. The van der Waals surface area contributed by atoms with Gasteiger partial charge in [0, 0.05) is 18.0 Å². The Labute approximate surface area is 119 Å². The van der Waals surface area contributed by atoms with Gasteiger partial charge in [-0.05, 0) is 18.2 Å². The molecule has 2 heterocycles. The summed E-state index contributed by atoms with van der Waals surface area (Å²) in [4.78, 5) is 13.2. The van der Waals surface area contributed by atoms with E-state index in [4.69, 9.17) is 0 Å². The minimum atomic E-state index is -4.50. The lowest BCUT2D eigenvalue weighted by molar-refractivity contribution is -0.137. The molecule has 2 saturated heterocycles. The molecule has 0 saturated carbocycles. The maximum Gasteiger partial charge on any atom is 0.416 e. The highest BCUT2D eigenvalue weighted by Crippen LogP contribution is 2.39. The van der Waals surface area contributed by atoms with Gasteiger partial charge in [0.2, 0.25) is 5.91 Å². The zero-order chi connectivity index (χ0) is 15.4. The number of rotatable bonds is 1. The highest BCUT2D eigenvalue weighted by Gasteiger charge is 2.49. The van der Waals surface area contributed by atoms with Crippen molar-refractivity contribution in [3.8, 4) is 0 Å². The van der Waals surface area contributed by atoms with Crippen LogP contribution in [-0.2, 0) is 20.8 Å². The van der Waals surface area contributed by atoms with E-state index < -0.39 is 27.6 Å². The number of nitrogens with zero attached hydrogens (tertiary/aromatic N) is 1. The topological polar surface area (TPSA) is 54.5 Å². The van der Waals surface area contributed by atoms with Crippen molar-refractivity contribution >= 4 is 21.4 Å². The molecule has 2 fully saturated rings. The van der Waals surface area contributed by atoms with E-state index in [1.165, 1.54) is 17.0 Å². The molecule has 114 valence electrons. The monoisotopic (exact) mass is 319 g/mol. The molecule has 0 aromatic heterocycles. The second-order valence-corrected chi connectivity index (χ2v) is 7.57. The van der Waals surface area contributed by atoms with Gasteiger partial charge in [0.15, 0.2) is 9.84 Å². The third-order valence-electron chi connectivity index (χ3n) is 3.93. The maximum absolute atomic E-state index is 12.7. The van der Waals surface area contributed by atoms with Crippen LogP contribution in [0.25, 0.3) is 0 Å². The average Bonchev–Trinajstić information content (AvgIpc) is 2.78. The molecule has 3 rings (SSSR count). The van der Waals surface area contributed by atoms with E-state index in [0.717, 1.165) is 12.1 Å². The van der Waals surface area contributed by atoms with Crippen molar-refractivity contribution in [1.29, 1.82) is 0 Å². The molecule has 1 aromatic rings. The third-order valence-corrected chi connectivity index (χ3v) is 5.71. The Hall–Kier alpha value is -1.57. The number of anilines is 1. The minimum absolute atomic E-state index is 0.0696. The molecule has 2 aliphatic rings. The summed E-state index contributed by atoms with van der Waals surface area (Å²) in [7, 11) is -3.22. The summed E-state index contributed by atoms with van der Waals surface area (Å²) in [6, 6.07) is 3.90. The van der Waals surface area contributed by atoms with Crippen LogP contribution in [-0.4, -0.2) is 31.9 Å². The second kappa shape index (κ2) is 4.46. The molecule has 0 bridgehead atoms. The van der Waals surface area contributed by atoms with Gasteiger partial charge < -0.3 is 4.90 Å². The van der Waals surface area contributed by atoms with E-state index in [9.17, 15) is 26.4 Å². The number of hydrogen-bond donors (Lipinski definition) is 0. The van der Waals surface area contributed by atoms with E-state index in [-0.39, 0.29) is 35.4 Å². The number of alkyl halides is 3. The Kier molecular flexibility index (Phi) is 3.05. The van der Waals surface area contributed by atoms with Crippen LogP contribution in [0.1, 0.15) is 12.0 Å². The lowest BCUT2D eigenvalue weighted by Gasteiger charge is -2.24. The van der Waals surface area contributed by atoms with Gasteiger partial charge in [-0.25, -0.2) is 8.42 Å². The fraction of sp³-hybridized carbons (Fsp3) is 0.462. The average molecular weight is 319 g/mol. The third kappa shape index (κ3) is 2.52. The molecule has 2 atom stereocenters. The van der Waals surface area contributed by atoms with Gasteiger partial charge in [0.25, 0.3) is 0 Å². The van der Waals surface area contributed by atoms with E-state index in [1.54, 1.807) is 0 Å². The van der Waals surface area contributed by atoms with Gasteiger partial charge in [-0.2, -0.15) is 13.2 Å². The first-order chi connectivity index (χ1) is 9.67. The summed E-state index contributed by atoms with van der Waals surface area (Å²) in [5, 5.41) is 0. The molecular formula is C13H12F3NO3S. The van der Waals surface area contributed by atoms with Gasteiger partial charge in [-0.15, -0.1) is 0 Å². The van der Waals surface area contributed by atoms with E-state index in [2.05, 4.69) is 0 Å². The Bertz CT molecular complexity index is 699. The van der Waals surface area contributed by atoms with Crippen LogP contribution in [0.15, 0.2) is 24.3 Å². The van der Waals surface area contributed by atoms with Crippen molar-refractivity contribution in [2.45, 2.75) is 18.6 Å². The first-order valence-electron chi connectivity index (χ1n) is 6.37. The standard InChI is InChI=1S/C13H12F3NO3S/c14-13(15,16)9-2-1-3-10(5-9)17-11-7-21(19,20)6-8(11)4-12(17)18/h1-3,5,8,11H,4,6-7H2/t8-,11+/m0/s1. The lowest BCUT2D eigenvalue weighted by Crippen LogP contribution is -2.36. The molecule has 2 aliphatic heterocycles. The zero-order valence-electron chi connectivity index (χ0n) is 10.8. The van der Waals surface area contributed by atoms with Crippen molar-refractivity contribution < 1.29 is 26.4 Å². The smallest absolute Gasteiger partial charge is 0.308 e. The summed E-state index contributed by atoms with van der Waals surface area (Å²) in [5.41, 5.74) is -0.739. The number of benzene rings is 1. The fourth-order valence-corrected chi connectivity index (χ4v) is 5.13. The van der Waals surface area contributed by atoms with Crippen molar-refractivity contribution in [2.24, 2.45) is 5.92 Å². The van der Waals surface area contributed by atoms with E-state index in [0.29, 0.717) is 0 Å². The quantitative estimate of drug-likeness (QED) is 0.794. The highest BCUT2D eigenvalue weighted by molar-refractivity contribution is 7.91. The SMILES string of the molecule is O=C1C[C@H]2CS(=O)(=O)C[C@H]2N1c1cccc(C(F)(F)F)c1. The summed E-state index contributed by atoms with van der Waals surface area (Å²) >= 11 is 0. The van der Waals surface area contributed by atoms with Crippen LogP contribution in [0.4, 0.5) is 18.9 Å². The Morgan fingerprint density at radius 3 is 2.57 bits per heavy atom. The molecule has 4 nitrogen and oxygen atoms in total. The van der Waals surface area contributed by atoms with Gasteiger partial charge in [0.05, 0.1) is 23.1 Å². The van der Waals surface area contributed by atoms with Crippen LogP contribution in [0.5, 0.6) is 0 Å². The van der Waals surface area contributed by atoms with Crippen LogP contribution in [0, 0.1) is 5.92 Å². The second-order valence-electron chi connectivity index (χ2n) is 5.42. The van der Waals surface area contributed by atoms with Crippen molar-refractivity contribution in [1.82, 2.24) is 0 Å². The largest absolute Gasteiger partial charge is 0.416 e.